The molecule has 4 rings (SSSR count). The molecule has 0 aliphatic carbocycles. The summed E-state index contributed by atoms with van der Waals surface area (Å²) in [4.78, 5) is 0. The van der Waals surface area contributed by atoms with Crippen molar-refractivity contribution in [2.24, 2.45) is 0 Å². The second-order valence-electron chi connectivity index (χ2n) is 7.48. The highest BCUT2D eigenvalue weighted by atomic mass is 16.3. The molecule has 1 N–H and O–H groups in total. The molecule has 2 unspecified atom stereocenters. The average molecular weight is 340 g/mol. The molecular formula is C25H24O. The molecule has 0 fully saturated rings. The highest BCUT2D eigenvalue weighted by molar-refractivity contribution is 5.85. The summed E-state index contributed by atoms with van der Waals surface area (Å²) in [6.45, 7) is 6.74. The van der Waals surface area contributed by atoms with Crippen molar-refractivity contribution in [2.45, 2.75) is 32.6 Å². The van der Waals surface area contributed by atoms with Gasteiger partial charge >= 0.3 is 0 Å². The van der Waals surface area contributed by atoms with Gasteiger partial charge in [0, 0.05) is 0 Å². The molecule has 4 aromatic carbocycles. The van der Waals surface area contributed by atoms with Crippen LogP contribution in [0.3, 0.4) is 0 Å². The van der Waals surface area contributed by atoms with E-state index < -0.39 is 0 Å². The van der Waals surface area contributed by atoms with Gasteiger partial charge in [-0.2, -0.15) is 0 Å². The fourth-order valence-electron chi connectivity index (χ4n) is 3.78. The van der Waals surface area contributed by atoms with Gasteiger partial charge < -0.3 is 5.11 Å². The third-order valence-electron chi connectivity index (χ3n) is 5.67. The molecule has 0 radical (unpaired) electrons. The Kier molecular flexibility index (Phi) is 4.16. The normalized spacial score (nSPS) is 13.8. The number of phenols is 1. The maximum atomic E-state index is 9.65. The Bertz CT molecular complexity index is 1000. The van der Waals surface area contributed by atoms with Gasteiger partial charge in [-0.1, -0.05) is 80.1 Å². The molecular weight excluding hydrogens is 316 g/mol. The third kappa shape index (κ3) is 3.06. The molecule has 0 saturated heterocycles. The summed E-state index contributed by atoms with van der Waals surface area (Å²) in [5, 5.41) is 14.5. The van der Waals surface area contributed by atoms with Gasteiger partial charge in [-0.25, -0.2) is 0 Å². The maximum Gasteiger partial charge on any atom is 0.116 e. The topological polar surface area (TPSA) is 20.2 Å². The molecule has 130 valence electrons. The third-order valence-corrected chi connectivity index (χ3v) is 5.67. The lowest BCUT2D eigenvalue weighted by Gasteiger charge is -2.22. The first-order valence-corrected chi connectivity index (χ1v) is 9.24. The highest BCUT2D eigenvalue weighted by Gasteiger charge is 2.17. The average Bonchev–Trinajstić information content (AvgIpc) is 2.66. The van der Waals surface area contributed by atoms with E-state index in [2.05, 4.69) is 75.4 Å². The second kappa shape index (κ2) is 6.49. The van der Waals surface area contributed by atoms with Crippen molar-refractivity contribution in [3.8, 4) is 5.75 Å². The quantitative estimate of drug-likeness (QED) is 0.429. The van der Waals surface area contributed by atoms with E-state index in [4.69, 9.17) is 0 Å². The molecule has 2 atom stereocenters. The van der Waals surface area contributed by atoms with Gasteiger partial charge in [-0.3, -0.25) is 0 Å². The first kappa shape index (κ1) is 16.7. The monoisotopic (exact) mass is 340 g/mol. The van der Waals surface area contributed by atoms with Crippen LogP contribution in [-0.4, -0.2) is 5.11 Å². The molecule has 0 amide bonds. The Labute approximate surface area is 154 Å². The van der Waals surface area contributed by atoms with Crippen molar-refractivity contribution in [1.82, 2.24) is 0 Å². The molecule has 0 aliphatic rings. The van der Waals surface area contributed by atoms with Gasteiger partial charge in [0.05, 0.1) is 0 Å². The van der Waals surface area contributed by atoms with E-state index in [1.165, 1.54) is 32.8 Å². The number of hydrogen-bond acceptors (Lipinski definition) is 1. The van der Waals surface area contributed by atoms with Crippen molar-refractivity contribution in [3.63, 3.8) is 0 Å². The van der Waals surface area contributed by atoms with Crippen LogP contribution < -0.4 is 0 Å². The molecule has 0 spiro atoms. The standard InChI is InChI=1S/C25H24O/c1-16-4-5-22-13-19(6-8-21(22)12-16)17(2)18(3)20-7-9-24-15-25(26)11-10-23(24)14-20/h4-15,17-18,26H,1-3H3. The highest BCUT2D eigenvalue weighted by Crippen LogP contribution is 2.35. The van der Waals surface area contributed by atoms with Crippen molar-refractivity contribution in [1.29, 1.82) is 0 Å². The van der Waals surface area contributed by atoms with Crippen molar-refractivity contribution in [3.05, 3.63) is 89.5 Å². The molecule has 0 heterocycles. The minimum Gasteiger partial charge on any atom is -0.508 e. The molecule has 1 nitrogen and oxygen atoms in total. The minimum atomic E-state index is 0.318. The van der Waals surface area contributed by atoms with Crippen LogP contribution in [0.4, 0.5) is 0 Å². The lowest BCUT2D eigenvalue weighted by molar-refractivity contribution is 0.476. The smallest absolute Gasteiger partial charge is 0.116 e. The van der Waals surface area contributed by atoms with Crippen molar-refractivity contribution in [2.75, 3.05) is 0 Å². The Hall–Kier alpha value is -2.80. The van der Waals surface area contributed by atoms with Crippen LogP contribution in [0, 0.1) is 6.92 Å². The Morgan fingerprint density at radius 1 is 0.577 bits per heavy atom. The number of hydrogen-bond donors (Lipinski definition) is 1. The number of rotatable bonds is 3. The van der Waals surface area contributed by atoms with Crippen molar-refractivity contribution < 1.29 is 5.11 Å². The number of fused-ring (bicyclic) bond motifs is 2. The van der Waals surface area contributed by atoms with Crippen molar-refractivity contribution >= 4 is 21.5 Å². The zero-order valence-electron chi connectivity index (χ0n) is 15.5. The van der Waals surface area contributed by atoms with Crippen LogP contribution in [0.2, 0.25) is 0 Å². The molecule has 4 aromatic rings. The fraction of sp³-hybridized carbons (Fsp3) is 0.200. The summed E-state index contributed by atoms with van der Waals surface area (Å²) in [6.07, 6.45) is 0. The van der Waals surface area contributed by atoms with Gasteiger partial charge in [0.15, 0.2) is 0 Å². The lowest BCUT2D eigenvalue weighted by atomic mass is 9.83. The van der Waals surface area contributed by atoms with Gasteiger partial charge in [-0.05, 0) is 63.6 Å². The Balaban J connectivity index is 1.67. The van der Waals surface area contributed by atoms with Crippen LogP contribution in [0.1, 0.15) is 42.4 Å². The summed E-state index contributed by atoms with van der Waals surface area (Å²) in [5.41, 5.74) is 4.01. The van der Waals surface area contributed by atoms with Gasteiger partial charge in [0.25, 0.3) is 0 Å². The van der Waals surface area contributed by atoms with Gasteiger partial charge in [-0.15, -0.1) is 0 Å². The fourth-order valence-corrected chi connectivity index (χ4v) is 3.78. The van der Waals surface area contributed by atoms with E-state index in [9.17, 15) is 5.11 Å². The first-order chi connectivity index (χ1) is 12.5. The second-order valence-corrected chi connectivity index (χ2v) is 7.48. The lowest BCUT2D eigenvalue weighted by Crippen LogP contribution is -2.05. The van der Waals surface area contributed by atoms with Crippen LogP contribution in [0.25, 0.3) is 21.5 Å². The van der Waals surface area contributed by atoms with E-state index >= 15 is 0 Å². The summed E-state index contributed by atoms with van der Waals surface area (Å²) >= 11 is 0. The SMILES string of the molecule is Cc1ccc2cc(C(C)C(C)c3ccc4cc(O)ccc4c3)ccc2c1. The number of aromatic hydroxyl groups is 1. The predicted molar refractivity (Wildman–Crippen MR) is 111 cm³/mol. The largest absolute Gasteiger partial charge is 0.508 e. The van der Waals surface area contributed by atoms with Crippen LogP contribution in [0.15, 0.2) is 72.8 Å². The van der Waals surface area contributed by atoms with E-state index in [1.807, 2.05) is 12.1 Å². The summed E-state index contributed by atoms with van der Waals surface area (Å²) in [7, 11) is 0. The molecule has 0 saturated carbocycles. The Morgan fingerprint density at radius 2 is 1.04 bits per heavy atom. The molecule has 0 bridgehead atoms. The van der Waals surface area contributed by atoms with E-state index in [0.717, 1.165) is 5.39 Å². The predicted octanol–water partition coefficient (Wildman–Crippen LogP) is 6.91. The zero-order valence-corrected chi connectivity index (χ0v) is 15.5. The van der Waals surface area contributed by atoms with Crippen LogP contribution in [0.5, 0.6) is 5.75 Å². The molecule has 0 aliphatic heterocycles. The zero-order chi connectivity index (χ0) is 18.3. The summed E-state index contributed by atoms with van der Waals surface area (Å²) in [6, 6.07) is 25.6. The first-order valence-electron chi connectivity index (χ1n) is 9.24. The van der Waals surface area contributed by atoms with Crippen LogP contribution in [-0.2, 0) is 0 Å². The van der Waals surface area contributed by atoms with E-state index in [1.54, 1.807) is 6.07 Å². The van der Waals surface area contributed by atoms with E-state index in [-0.39, 0.29) is 0 Å². The molecule has 0 aromatic heterocycles. The molecule has 26 heavy (non-hydrogen) atoms. The maximum absolute atomic E-state index is 9.65. The van der Waals surface area contributed by atoms with E-state index in [0.29, 0.717) is 17.6 Å². The summed E-state index contributed by atoms with van der Waals surface area (Å²) < 4.78 is 0. The number of benzene rings is 4. The van der Waals surface area contributed by atoms with Gasteiger partial charge in [0.2, 0.25) is 0 Å². The van der Waals surface area contributed by atoms with Crippen LogP contribution >= 0.6 is 0 Å². The Morgan fingerprint density at radius 3 is 1.65 bits per heavy atom. The summed E-state index contributed by atoms with van der Waals surface area (Å²) in [5.74, 6) is 1.16. The number of phenolic OH excluding ortho intramolecular Hbond substituents is 1. The van der Waals surface area contributed by atoms with Gasteiger partial charge in [0.1, 0.15) is 5.75 Å². The molecule has 1 heteroatoms. The number of aryl methyl sites for hydroxylation is 1. The minimum absolute atomic E-state index is 0.318.